The van der Waals surface area contributed by atoms with Crippen LogP contribution in [-0.2, 0) is 9.47 Å². The maximum absolute atomic E-state index is 12.0. The summed E-state index contributed by atoms with van der Waals surface area (Å²) < 4.78 is 16.4. The van der Waals surface area contributed by atoms with Crippen molar-refractivity contribution in [2.75, 3.05) is 26.2 Å². The highest BCUT2D eigenvalue weighted by Gasteiger charge is 2.28. The first-order valence-electron chi connectivity index (χ1n) is 15.5. The third kappa shape index (κ3) is 16.4. The van der Waals surface area contributed by atoms with Crippen molar-refractivity contribution < 1.29 is 53.8 Å². The molecule has 2 heterocycles. The zero-order valence-corrected chi connectivity index (χ0v) is 28.0. The van der Waals surface area contributed by atoms with Gasteiger partial charge in [0.1, 0.15) is 40.3 Å². The van der Waals surface area contributed by atoms with Gasteiger partial charge in [0, 0.05) is 51.2 Å². The topological polar surface area (TPSA) is 183 Å². The number of phenols is 3. The molecule has 49 heavy (non-hydrogen) atoms. The number of aromatic hydroxyl groups is 3. The van der Waals surface area contributed by atoms with Crippen molar-refractivity contribution in [3.8, 4) is 23.0 Å². The molecule has 0 aromatic heterocycles. The average Bonchev–Trinajstić information content (AvgIpc) is 2.97. The minimum Gasteiger partial charge on any atom is -0.508 e. The molecule has 2 aromatic rings. The second kappa shape index (κ2) is 20.1. The summed E-state index contributed by atoms with van der Waals surface area (Å²) in [6.07, 6.45) is 2.94. The molecule has 0 aliphatic carbocycles. The summed E-state index contributed by atoms with van der Waals surface area (Å²) in [5.74, 6) is 0.172. The van der Waals surface area contributed by atoms with Gasteiger partial charge < -0.3 is 44.4 Å². The average molecular weight is 693 g/mol. The molecule has 4 rings (SSSR count). The van der Waals surface area contributed by atoms with Gasteiger partial charge in [-0.2, -0.15) is 0 Å². The van der Waals surface area contributed by atoms with Crippen molar-refractivity contribution in [2.24, 2.45) is 0 Å². The fourth-order valence-corrected chi connectivity index (χ4v) is 4.38. The zero-order valence-electron chi connectivity index (χ0n) is 28.0. The molecule has 0 atom stereocenters. The quantitative estimate of drug-likeness (QED) is 0.255. The summed E-state index contributed by atoms with van der Waals surface area (Å²) in [6.45, 7) is 13.4. The van der Waals surface area contributed by atoms with Crippen LogP contribution in [0.5, 0.6) is 23.0 Å². The number of likely N-dealkylation sites (tertiary alicyclic amines) is 2. The van der Waals surface area contributed by atoms with Crippen LogP contribution in [0, 0.1) is 0 Å². The highest BCUT2D eigenvalue weighted by Crippen LogP contribution is 2.26. The Labute approximate surface area is 290 Å². The van der Waals surface area contributed by atoms with Crippen molar-refractivity contribution in [1.29, 1.82) is 0 Å². The summed E-state index contributed by atoms with van der Waals surface area (Å²) in [6, 6.07) is 8.41. The number of carbonyl (C=O) groups is 4. The number of nitrogens with zero attached hydrogens (tertiary/aromatic N) is 2. The molecule has 0 saturated carbocycles. The molecule has 2 fully saturated rings. The lowest BCUT2D eigenvalue weighted by atomic mass is 10.1. The number of benzene rings is 2. The number of amides is 2. The van der Waals surface area contributed by atoms with Crippen LogP contribution in [-0.4, -0.2) is 105 Å². The molecule has 0 radical (unpaired) electrons. The molecule has 2 aliphatic heterocycles. The minimum absolute atomic E-state index is 0. The smallest absolute Gasteiger partial charge is 0.410 e. The number of hydrogen-bond donors (Lipinski definition) is 4. The number of aliphatic hydroxyl groups excluding tert-OH is 1. The Morgan fingerprint density at radius 1 is 0.694 bits per heavy atom. The van der Waals surface area contributed by atoms with Gasteiger partial charge in [-0.05, 0) is 78.6 Å². The van der Waals surface area contributed by atoms with Gasteiger partial charge in [-0.1, -0.05) is 14.9 Å². The van der Waals surface area contributed by atoms with Gasteiger partial charge in [0.15, 0.2) is 12.6 Å². The van der Waals surface area contributed by atoms with Crippen LogP contribution in [0.4, 0.5) is 9.59 Å². The normalized spacial score (nSPS) is 15.0. The standard InChI is InChI=1S/C17H23NO5.C10H19NO3.C7H6O3.2CH4/c1-17(2,3)23-16(21)18-8-6-13(7-9-18)22-14-5-4-12(11-19)15(20)10-14;1-10(2,3)14-9(13)11-6-4-8(12)5-7-11;8-4-5-1-2-6(9)3-7(5)10;;/h4-5,10-11,13,20H,6-9H2,1-3H3;8,12H,4-7H2,1-3H3;1-4,9-10H;2*1H4. The lowest BCUT2D eigenvalue weighted by Crippen LogP contribution is -2.44. The summed E-state index contributed by atoms with van der Waals surface area (Å²) in [5.41, 5.74) is -0.523. The molecule has 2 saturated heterocycles. The first-order valence-corrected chi connectivity index (χ1v) is 15.5. The van der Waals surface area contributed by atoms with E-state index in [1.165, 1.54) is 24.3 Å². The van der Waals surface area contributed by atoms with Crippen LogP contribution >= 0.6 is 0 Å². The van der Waals surface area contributed by atoms with E-state index in [1.54, 1.807) is 15.9 Å². The van der Waals surface area contributed by atoms with Gasteiger partial charge in [-0.25, -0.2) is 9.59 Å². The molecule has 0 unspecified atom stereocenters. The number of rotatable bonds is 4. The first kappa shape index (κ1) is 44.5. The van der Waals surface area contributed by atoms with Gasteiger partial charge in [0.05, 0.1) is 17.2 Å². The van der Waals surface area contributed by atoms with E-state index >= 15 is 0 Å². The van der Waals surface area contributed by atoms with E-state index in [9.17, 15) is 29.4 Å². The van der Waals surface area contributed by atoms with E-state index in [1.807, 2.05) is 41.5 Å². The third-order valence-corrected chi connectivity index (χ3v) is 6.78. The van der Waals surface area contributed by atoms with Crippen molar-refractivity contribution in [1.82, 2.24) is 9.80 Å². The number of piperidine rings is 2. The van der Waals surface area contributed by atoms with Gasteiger partial charge in [-0.15, -0.1) is 0 Å². The van der Waals surface area contributed by atoms with Crippen molar-refractivity contribution >= 4 is 24.8 Å². The lowest BCUT2D eigenvalue weighted by Gasteiger charge is -2.33. The minimum atomic E-state index is -0.498. The SMILES string of the molecule is C.C.CC(C)(C)OC(=O)N1CCC(O)CC1.CC(C)(C)OC(=O)N1CCC(Oc2ccc(C=O)c(O)c2)CC1.O=Cc1ccc(O)cc1O. The number of ether oxygens (including phenoxy) is 3. The molecule has 13 heteroatoms. The maximum atomic E-state index is 12.0. The predicted octanol–water partition coefficient (Wildman–Crippen LogP) is 6.54. The molecule has 13 nitrogen and oxygen atoms in total. The highest BCUT2D eigenvalue weighted by molar-refractivity contribution is 5.80. The van der Waals surface area contributed by atoms with E-state index in [2.05, 4.69) is 0 Å². The van der Waals surface area contributed by atoms with Gasteiger partial charge in [-0.3, -0.25) is 9.59 Å². The van der Waals surface area contributed by atoms with Crippen LogP contribution in [0.25, 0.3) is 0 Å². The number of aliphatic hydroxyl groups is 1. The van der Waals surface area contributed by atoms with Gasteiger partial charge in [0.2, 0.25) is 0 Å². The van der Waals surface area contributed by atoms with E-state index in [0.29, 0.717) is 70.2 Å². The molecule has 2 aliphatic rings. The molecule has 4 N–H and O–H groups in total. The largest absolute Gasteiger partial charge is 0.508 e. The van der Waals surface area contributed by atoms with E-state index in [4.69, 9.17) is 24.4 Å². The number of carbonyl (C=O) groups excluding carboxylic acids is 4. The Hall–Kier alpha value is -4.52. The molecule has 0 bridgehead atoms. The molecular formula is C36H56N2O11. The van der Waals surface area contributed by atoms with Crippen LogP contribution in [0.15, 0.2) is 36.4 Å². The summed E-state index contributed by atoms with van der Waals surface area (Å²) in [7, 11) is 0. The zero-order chi connectivity index (χ0) is 35.4. The first-order chi connectivity index (χ1) is 21.9. The lowest BCUT2D eigenvalue weighted by molar-refractivity contribution is 0.00958. The summed E-state index contributed by atoms with van der Waals surface area (Å²) in [4.78, 5) is 47.6. The number of phenolic OH excluding ortho intramolecular Hbond substituents is 3. The van der Waals surface area contributed by atoms with Crippen LogP contribution < -0.4 is 4.74 Å². The van der Waals surface area contributed by atoms with Crippen molar-refractivity contribution in [2.45, 2.75) is 105 Å². The highest BCUT2D eigenvalue weighted by atomic mass is 16.6. The fourth-order valence-electron chi connectivity index (χ4n) is 4.38. The summed E-state index contributed by atoms with van der Waals surface area (Å²) in [5, 5.41) is 36.6. The van der Waals surface area contributed by atoms with Crippen LogP contribution in [0.1, 0.15) is 103 Å². The Balaban J connectivity index is 0.000000758. The number of hydrogen-bond acceptors (Lipinski definition) is 11. The second-order valence-corrected chi connectivity index (χ2v) is 13.2. The Bertz CT molecular complexity index is 1340. The number of aldehydes is 2. The molecule has 2 amide bonds. The van der Waals surface area contributed by atoms with Gasteiger partial charge >= 0.3 is 12.2 Å². The summed E-state index contributed by atoms with van der Waals surface area (Å²) >= 11 is 0. The van der Waals surface area contributed by atoms with Gasteiger partial charge in [0.25, 0.3) is 0 Å². The Morgan fingerprint density at radius 3 is 1.49 bits per heavy atom. The van der Waals surface area contributed by atoms with Crippen LogP contribution in [0.2, 0.25) is 0 Å². The second-order valence-electron chi connectivity index (χ2n) is 13.2. The van der Waals surface area contributed by atoms with Crippen molar-refractivity contribution in [3.63, 3.8) is 0 Å². The van der Waals surface area contributed by atoms with E-state index in [-0.39, 0.29) is 67.6 Å². The Morgan fingerprint density at radius 2 is 1.10 bits per heavy atom. The molecular weight excluding hydrogens is 636 g/mol. The van der Waals surface area contributed by atoms with Crippen molar-refractivity contribution in [3.05, 3.63) is 47.5 Å². The van der Waals surface area contributed by atoms with E-state index in [0.717, 1.165) is 6.07 Å². The maximum Gasteiger partial charge on any atom is 0.410 e. The fraction of sp³-hybridized carbons (Fsp3) is 0.556. The van der Waals surface area contributed by atoms with E-state index < -0.39 is 11.2 Å². The third-order valence-electron chi connectivity index (χ3n) is 6.78. The molecule has 2 aromatic carbocycles. The Kier molecular flexibility index (Phi) is 18.2. The van der Waals surface area contributed by atoms with Crippen LogP contribution in [0.3, 0.4) is 0 Å². The molecule has 0 spiro atoms. The monoisotopic (exact) mass is 692 g/mol. The molecule has 276 valence electrons. The predicted molar refractivity (Wildman–Crippen MR) is 187 cm³/mol.